The molecule has 2 rings (SSSR count). The summed E-state index contributed by atoms with van der Waals surface area (Å²) in [5.41, 5.74) is -4.02. The SMILES string of the molecule is CC[C@](CCC(=O)[C@@]1(O)C[C@H]2CC[C@]1(C)C2(C)C)(C(C)=O)C(=O)OC(C)(C)C. The predicted molar refractivity (Wildman–Crippen MR) is 108 cm³/mol. The maximum Gasteiger partial charge on any atom is 0.320 e. The molecule has 0 amide bonds. The summed E-state index contributed by atoms with van der Waals surface area (Å²) >= 11 is 0. The van der Waals surface area contributed by atoms with Crippen LogP contribution in [0, 0.1) is 22.2 Å². The summed E-state index contributed by atoms with van der Waals surface area (Å²) in [6.45, 7) is 14.7. The van der Waals surface area contributed by atoms with E-state index < -0.39 is 28.0 Å². The molecule has 2 aliphatic rings. The van der Waals surface area contributed by atoms with Crippen LogP contribution in [0.5, 0.6) is 0 Å². The minimum atomic E-state index is -1.39. The summed E-state index contributed by atoms with van der Waals surface area (Å²) < 4.78 is 5.51. The van der Waals surface area contributed by atoms with Gasteiger partial charge >= 0.3 is 5.97 Å². The van der Waals surface area contributed by atoms with Crippen LogP contribution in [0.25, 0.3) is 0 Å². The molecule has 0 aromatic heterocycles. The molecule has 2 aliphatic carbocycles. The van der Waals surface area contributed by atoms with Crippen LogP contribution in [0.1, 0.15) is 93.9 Å². The van der Waals surface area contributed by atoms with Crippen LogP contribution in [0.15, 0.2) is 0 Å². The minimum absolute atomic E-state index is 0.00154. The molecule has 160 valence electrons. The van der Waals surface area contributed by atoms with Crippen LogP contribution in [-0.2, 0) is 19.1 Å². The van der Waals surface area contributed by atoms with E-state index in [1.165, 1.54) is 6.92 Å². The quantitative estimate of drug-likeness (QED) is 0.516. The highest BCUT2D eigenvalue weighted by Crippen LogP contribution is 2.70. The number of rotatable bonds is 7. The number of fused-ring (bicyclic) bond motifs is 2. The van der Waals surface area contributed by atoms with Gasteiger partial charge in [-0.05, 0) is 71.1 Å². The Hall–Kier alpha value is -1.23. The Kier molecular flexibility index (Phi) is 5.70. The summed E-state index contributed by atoms with van der Waals surface area (Å²) in [5, 5.41) is 11.4. The summed E-state index contributed by atoms with van der Waals surface area (Å²) in [6, 6.07) is 0. The molecule has 0 unspecified atom stereocenters. The van der Waals surface area contributed by atoms with Crippen molar-refractivity contribution in [3.05, 3.63) is 0 Å². The Bertz CT molecular complexity index is 673. The average Bonchev–Trinajstić information content (AvgIpc) is 2.85. The molecule has 4 atom stereocenters. The van der Waals surface area contributed by atoms with Gasteiger partial charge in [0.15, 0.2) is 5.78 Å². The van der Waals surface area contributed by atoms with Crippen LogP contribution in [0.4, 0.5) is 0 Å². The number of hydrogen-bond acceptors (Lipinski definition) is 5. The summed E-state index contributed by atoms with van der Waals surface area (Å²) in [4.78, 5) is 38.5. The third-order valence-corrected chi connectivity index (χ3v) is 8.20. The van der Waals surface area contributed by atoms with Crippen molar-refractivity contribution in [2.45, 2.75) is 105 Å². The van der Waals surface area contributed by atoms with Crippen molar-refractivity contribution in [2.75, 3.05) is 0 Å². The Morgan fingerprint density at radius 3 is 2.07 bits per heavy atom. The summed E-state index contributed by atoms with van der Waals surface area (Å²) in [5.74, 6) is -0.785. The Balaban J connectivity index is 2.23. The first-order chi connectivity index (χ1) is 12.6. The second kappa shape index (κ2) is 6.93. The number of carbonyl (C=O) groups is 3. The van der Waals surface area contributed by atoms with Gasteiger partial charge < -0.3 is 9.84 Å². The monoisotopic (exact) mass is 394 g/mol. The molecular formula is C23H38O5. The largest absolute Gasteiger partial charge is 0.459 e. The molecule has 2 bridgehead atoms. The normalized spacial score (nSPS) is 33.4. The number of carbonyl (C=O) groups excluding carboxylic acids is 3. The van der Waals surface area contributed by atoms with Crippen molar-refractivity contribution in [2.24, 2.45) is 22.2 Å². The van der Waals surface area contributed by atoms with Gasteiger partial charge in [0.2, 0.25) is 0 Å². The first-order valence-electron chi connectivity index (χ1n) is 10.6. The third-order valence-electron chi connectivity index (χ3n) is 8.20. The van der Waals surface area contributed by atoms with E-state index in [-0.39, 0.29) is 36.2 Å². The molecule has 28 heavy (non-hydrogen) atoms. The van der Waals surface area contributed by atoms with E-state index in [1.54, 1.807) is 27.7 Å². The first-order valence-corrected chi connectivity index (χ1v) is 10.6. The fraction of sp³-hybridized carbons (Fsp3) is 0.870. The van der Waals surface area contributed by atoms with E-state index in [9.17, 15) is 19.5 Å². The molecule has 5 heteroatoms. The number of hydrogen-bond donors (Lipinski definition) is 1. The van der Waals surface area contributed by atoms with E-state index in [2.05, 4.69) is 13.8 Å². The van der Waals surface area contributed by atoms with Gasteiger partial charge in [-0.15, -0.1) is 0 Å². The number of ketones is 2. The Morgan fingerprint density at radius 2 is 1.71 bits per heavy atom. The molecule has 0 aliphatic heterocycles. The van der Waals surface area contributed by atoms with Gasteiger partial charge in [-0.3, -0.25) is 14.4 Å². The van der Waals surface area contributed by atoms with Crippen molar-refractivity contribution in [3.63, 3.8) is 0 Å². The lowest BCUT2D eigenvalue weighted by Gasteiger charge is -2.44. The molecule has 0 radical (unpaired) electrons. The summed E-state index contributed by atoms with van der Waals surface area (Å²) in [7, 11) is 0. The molecule has 1 N–H and O–H groups in total. The fourth-order valence-corrected chi connectivity index (χ4v) is 5.60. The predicted octanol–water partition coefficient (Wildman–Crippen LogP) is 4.24. The van der Waals surface area contributed by atoms with Crippen LogP contribution < -0.4 is 0 Å². The number of esters is 1. The van der Waals surface area contributed by atoms with Crippen molar-refractivity contribution >= 4 is 17.5 Å². The van der Waals surface area contributed by atoms with Crippen molar-refractivity contribution in [1.29, 1.82) is 0 Å². The topological polar surface area (TPSA) is 80.7 Å². The van der Waals surface area contributed by atoms with Crippen LogP contribution in [-0.4, -0.2) is 33.8 Å². The first kappa shape index (κ1) is 23.1. The van der Waals surface area contributed by atoms with E-state index in [0.29, 0.717) is 12.3 Å². The highest BCUT2D eigenvalue weighted by Gasteiger charge is 2.70. The van der Waals surface area contributed by atoms with Gasteiger partial charge in [0.25, 0.3) is 0 Å². The lowest BCUT2D eigenvalue weighted by atomic mass is 9.62. The second-order valence-electron chi connectivity index (χ2n) is 10.8. The molecule has 2 fully saturated rings. The van der Waals surface area contributed by atoms with Crippen molar-refractivity contribution < 1.29 is 24.2 Å². The zero-order valence-corrected chi connectivity index (χ0v) is 18.9. The smallest absolute Gasteiger partial charge is 0.320 e. The van der Waals surface area contributed by atoms with E-state index in [0.717, 1.165) is 12.8 Å². The van der Waals surface area contributed by atoms with Crippen LogP contribution in [0.2, 0.25) is 0 Å². The number of aliphatic hydroxyl groups is 1. The molecule has 0 aromatic rings. The zero-order valence-electron chi connectivity index (χ0n) is 18.9. The third kappa shape index (κ3) is 3.24. The molecule has 2 saturated carbocycles. The lowest BCUT2D eigenvalue weighted by molar-refractivity contribution is -0.171. The van der Waals surface area contributed by atoms with Gasteiger partial charge in [0.05, 0.1) is 0 Å². The number of ether oxygens (including phenoxy) is 1. The maximum atomic E-state index is 13.2. The van der Waals surface area contributed by atoms with Crippen LogP contribution in [0.3, 0.4) is 0 Å². The van der Waals surface area contributed by atoms with E-state index in [4.69, 9.17) is 4.74 Å². The van der Waals surface area contributed by atoms with Gasteiger partial charge in [-0.1, -0.05) is 27.7 Å². The Morgan fingerprint density at radius 1 is 1.14 bits per heavy atom. The lowest BCUT2D eigenvalue weighted by Crippen LogP contribution is -2.53. The van der Waals surface area contributed by atoms with Gasteiger partial charge in [-0.25, -0.2) is 0 Å². The van der Waals surface area contributed by atoms with Crippen molar-refractivity contribution in [3.8, 4) is 0 Å². The van der Waals surface area contributed by atoms with Gasteiger partial charge in [0.1, 0.15) is 22.4 Å². The highest BCUT2D eigenvalue weighted by molar-refractivity contribution is 6.03. The second-order valence-corrected chi connectivity index (χ2v) is 10.8. The molecule has 0 saturated heterocycles. The van der Waals surface area contributed by atoms with Crippen molar-refractivity contribution in [1.82, 2.24) is 0 Å². The minimum Gasteiger partial charge on any atom is -0.459 e. The highest BCUT2D eigenvalue weighted by atomic mass is 16.6. The number of Topliss-reactive ketones (excluding diaryl/α,β-unsaturated/α-hetero) is 2. The fourth-order valence-electron chi connectivity index (χ4n) is 5.60. The standard InChI is InChI=1S/C23H38O5/c1-9-22(15(2)24,18(26)28-19(3,4)5)13-11-17(25)23(27)14-16-10-12-21(23,8)20(16,6)7/h16,27H,9-14H2,1-8H3/t16-,21-,22+,23+/m1/s1. The van der Waals surface area contributed by atoms with Crippen LogP contribution >= 0.6 is 0 Å². The van der Waals surface area contributed by atoms with Gasteiger partial charge in [0, 0.05) is 11.8 Å². The maximum absolute atomic E-state index is 13.2. The Labute approximate surface area is 169 Å². The molecule has 0 heterocycles. The average molecular weight is 395 g/mol. The van der Waals surface area contributed by atoms with E-state index >= 15 is 0 Å². The molecular weight excluding hydrogens is 356 g/mol. The van der Waals surface area contributed by atoms with E-state index in [1.807, 2.05) is 6.92 Å². The molecule has 0 aromatic carbocycles. The van der Waals surface area contributed by atoms with Gasteiger partial charge in [-0.2, -0.15) is 0 Å². The molecule has 5 nitrogen and oxygen atoms in total. The zero-order chi connectivity index (χ0) is 21.8. The summed E-state index contributed by atoms with van der Waals surface area (Å²) in [6.07, 6.45) is 2.68. The molecule has 0 spiro atoms.